The van der Waals surface area contributed by atoms with E-state index < -0.39 is 6.04 Å². The van der Waals surface area contributed by atoms with E-state index in [-0.39, 0.29) is 18.3 Å². The molecule has 0 radical (unpaired) electrons. The van der Waals surface area contributed by atoms with Gasteiger partial charge in [-0.25, -0.2) is 0 Å². The van der Waals surface area contributed by atoms with Crippen LogP contribution in [-0.2, 0) is 11.2 Å². The van der Waals surface area contributed by atoms with Gasteiger partial charge in [0.05, 0.1) is 13.2 Å². The minimum Gasteiger partial charge on any atom is -0.497 e. The molecule has 3 N–H and O–H groups in total. The van der Waals surface area contributed by atoms with Gasteiger partial charge in [0.25, 0.3) is 0 Å². The summed E-state index contributed by atoms with van der Waals surface area (Å²) in [6, 6.07) is 7.43. The minimum absolute atomic E-state index is 0. The first-order valence-corrected chi connectivity index (χ1v) is 6.69. The molecule has 1 atom stereocenters. The largest absolute Gasteiger partial charge is 0.497 e. The molecule has 0 bridgehead atoms. The van der Waals surface area contributed by atoms with Crippen LogP contribution in [0.4, 0.5) is 0 Å². The van der Waals surface area contributed by atoms with Gasteiger partial charge in [0.2, 0.25) is 5.91 Å². The van der Waals surface area contributed by atoms with Crippen LogP contribution in [0.2, 0.25) is 0 Å². The summed E-state index contributed by atoms with van der Waals surface area (Å²) in [5.74, 6) is 1.20. The first-order chi connectivity index (χ1) is 9.02. The summed E-state index contributed by atoms with van der Waals surface area (Å²) >= 11 is 0. The first kappa shape index (κ1) is 18.7. The molecule has 114 valence electrons. The average molecular weight is 301 g/mol. The third kappa shape index (κ3) is 6.78. The summed E-state index contributed by atoms with van der Waals surface area (Å²) in [7, 11) is 1.64. The van der Waals surface area contributed by atoms with Gasteiger partial charge in [-0.2, -0.15) is 0 Å². The van der Waals surface area contributed by atoms with Crippen LogP contribution in [0.1, 0.15) is 25.8 Å². The molecule has 0 heterocycles. The lowest BCUT2D eigenvalue weighted by molar-refractivity contribution is -0.122. The molecule has 1 rings (SSSR count). The van der Waals surface area contributed by atoms with Gasteiger partial charge in [-0.05, 0) is 36.5 Å². The Morgan fingerprint density at radius 2 is 1.90 bits per heavy atom. The maximum atomic E-state index is 11.7. The Labute approximate surface area is 127 Å². The zero-order chi connectivity index (χ0) is 14.3. The van der Waals surface area contributed by atoms with E-state index in [2.05, 4.69) is 19.2 Å². The molecule has 20 heavy (non-hydrogen) atoms. The summed E-state index contributed by atoms with van der Waals surface area (Å²) in [6.07, 6.45) is 1.51. The Kier molecular flexibility index (Phi) is 9.01. The topological polar surface area (TPSA) is 64.3 Å². The number of nitrogens with one attached hydrogen (secondary N) is 1. The number of carbonyl (C=O) groups excluding carboxylic acids is 1. The number of hydrogen-bond donors (Lipinski definition) is 2. The minimum atomic E-state index is -0.407. The van der Waals surface area contributed by atoms with Gasteiger partial charge in [0.15, 0.2) is 0 Å². The molecule has 5 heteroatoms. The van der Waals surface area contributed by atoms with Crippen molar-refractivity contribution in [1.82, 2.24) is 5.32 Å². The standard InChI is InChI=1S/C15H24N2O2.ClH/c1-11(2)10-14(16)15(18)17-9-8-12-4-6-13(19-3)7-5-12;/h4-7,11,14H,8-10,16H2,1-3H3,(H,17,18);1H/t14-;/m0./s1. The lowest BCUT2D eigenvalue weighted by Crippen LogP contribution is -2.42. The van der Waals surface area contributed by atoms with Gasteiger partial charge in [0.1, 0.15) is 5.75 Å². The molecule has 0 aliphatic heterocycles. The zero-order valence-electron chi connectivity index (χ0n) is 12.4. The highest BCUT2D eigenvalue weighted by molar-refractivity contribution is 5.85. The van der Waals surface area contributed by atoms with Crippen molar-refractivity contribution in [1.29, 1.82) is 0 Å². The normalized spacial score (nSPS) is 11.7. The van der Waals surface area contributed by atoms with Crippen molar-refractivity contribution >= 4 is 18.3 Å². The molecule has 1 aromatic carbocycles. The van der Waals surface area contributed by atoms with E-state index in [1.54, 1.807) is 7.11 Å². The summed E-state index contributed by atoms with van der Waals surface area (Å²) in [5, 5.41) is 2.87. The van der Waals surface area contributed by atoms with Crippen molar-refractivity contribution in [3.05, 3.63) is 29.8 Å². The number of halogens is 1. The van der Waals surface area contributed by atoms with E-state index in [1.165, 1.54) is 5.56 Å². The Morgan fingerprint density at radius 1 is 1.30 bits per heavy atom. The number of benzene rings is 1. The van der Waals surface area contributed by atoms with E-state index in [9.17, 15) is 4.79 Å². The monoisotopic (exact) mass is 300 g/mol. The van der Waals surface area contributed by atoms with E-state index in [4.69, 9.17) is 10.5 Å². The maximum absolute atomic E-state index is 11.7. The second-order valence-electron chi connectivity index (χ2n) is 5.13. The second kappa shape index (κ2) is 9.61. The van der Waals surface area contributed by atoms with Crippen LogP contribution < -0.4 is 15.8 Å². The molecule has 0 fully saturated rings. The van der Waals surface area contributed by atoms with Crippen molar-refractivity contribution in [3.8, 4) is 5.75 Å². The third-order valence-corrected chi connectivity index (χ3v) is 2.93. The molecule has 0 unspecified atom stereocenters. The summed E-state index contributed by atoms with van der Waals surface area (Å²) in [5.41, 5.74) is 6.97. The predicted octanol–water partition coefficient (Wildman–Crippen LogP) is 2.15. The third-order valence-electron chi connectivity index (χ3n) is 2.93. The molecule has 0 aliphatic carbocycles. The fourth-order valence-electron chi connectivity index (χ4n) is 1.87. The quantitative estimate of drug-likeness (QED) is 0.811. The summed E-state index contributed by atoms with van der Waals surface area (Å²) in [4.78, 5) is 11.7. The van der Waals surface area contributed by atoms with Crippen molar-refractivity contribution in [2.75, 3.05) is 13.7 Å². The SMILES string of the molecule is COc1ccc(CCNC(=O)[C@@H](N)CC(C)C)cc1.Cl. The number of carbonyl (C=O) groups is 1. The number of nitrogens with two attached hydrogens (primary N) is 1. The molecular weight excluding hydrogens is 276 g/mol. The molecule has 0 saturated heterocycles. The molecular formula is C15H25ClN2O2. The number of hydrogen-bond acceptors (Lipinski definition) is 3. The lowest BCUT2D eigenvalue weighted by Gasteiger charge is -2.14. The van der Waals surface area contributed by atoms with Crippen LogP contribution in [0.15, 0.2) is 24.3 Å². The van der Waals surface area contributed by atoms with Crippen LogP contribution in [0.5, 0.6) is 5.75 Å². The van der Waals surface area contributed by atoms with Crippen LogP contribution in [0.25, 0.3) is 0 Å². The zero-order valence-corrected chi connectivity index (χ0v) is 13.2. The van der Waals surface area contributed by atoms with Crippen molar-refractivity contribution in [3.63, 3.8) is 0 Å². The number of methoxy groups -OCH3 is 1. The van der Waals surface area contributed by atoms with Crippen molar-refractivity contribution < 1.29 is 9.53 Å². The molecule has 0 aliphatic rings. The van der Waals surface area contributed by atoms with E-state index in [0.717, 1.165) is 12.2 Å². The summed E-state index contributed by atoms with van der Waals surface area (Å²) in [6.45, 7) is 4.73. The number of rotatable bonds is 7. The van der Waals surface area contributed by atoms with Gasteiger partial charge in [0, 0.05) is 6.54 Å². The highest BCUT2D eigenvalue weighted by atomic mass is 35.5. The van der Waals surface area contributed by atoms with E-state index in [1.807, 2.05) is 24.3 Å². The van der Waals surface area contributed by atoms with Gasteiger partial charge in [-0.15, -0.1) is 12.4 Å². The lowest BCUT2D eigenvalue weighted by atomic mass is 10.0. The van der Waals surface area contributed by atoms with E-state index in [0.29, 0.717) is 18.9 Å². The van der Waals surface area contributed by atoms with Crippen LogP contribution in [0, 0.1) is 5.92 Å². The molecule has 0 spiro atoms. The molecule has 4 nitrogen and oxygen atoms in total. The van der Waals surface area contributed by atoms with Crippen LogP contribution >= 0.6 is 12.4 Å². The van der Waals surface area contributed by atoms with Gasteiger partial charge in [-0.3, -0.25) is 4.79 Å². The van der Waals surface area contributed by atoms with Crippen LogP contribution in [-0.4, -0.2) is 25.6 Å². The Morgan fingerprint density at radius 3 is 2.40 bits per heavy atom. The second-order valence-corrected chi connectivity index (χ2v) is 5.13. The Balaban J connectivity index is 0.00000361. The van der Waals surface area contributed by atoms with E-state index >= 15 is 0 Å². The van der Waals surface area contributed by atoms with Crippen LogP contribution in [0.3, 0.4) is 0 Å². The van der Waals surface area contributed by atoms with Gasteiger partial charge in [-0.1, -0.05) is 26.0 Å². The fourth-order valence-corrected chi connectivity index (χ4v) is 1.87. The highest BCUT2D eigenvalue weighted by Crippen LogP contribution is 2.11. The fraction of sp³-hybridized carbons (Fsp3) is 0.533. The number of amides is 1. The smallest absolute Gasteiger partial charge is 0.236 e. The molecule has 0 saturated carbocycles. The van der Waals surface area contributed by atoms with Gasteiger partial charge < -0.3 is 15.8 Å². The molecule has 1 aromatic rings. The predicted molar refractivity (Wildman–Crippen MR) is 84.4 cm³/mol. The molecule has 0 aromatic heterocycles. The van der Waals surface area contributed by atoms with Crippen molar-refractivity contribution in [2.45, 2.75) is 32.7 Å². The Hall–Kier alpha value is -1.26. The Bertz CT molecular complexity index is 393. The van der Waals surface area contributed by atoms with Crippen molar-refractivity contribution in [2.24, 2.45) is 11.7 Å². The maximum Gasteiger partial charge on any atom is 0.236 e. The molecule has 1 amide bonds. The van der Waals surface area contributed by atoms with Gasteiger partial charge >= 0.3 is 0 Å². The number of ether oxygens (including phenoxy) is 1. The summed E-state index contributed by atoms with van der Waals surface area (Å²) < 4.78 is 5.09. The average Bonchev–Trinajstić information content (AvgIpc) is 2.38. The first-order valence-electron chi connectivity index (χ1n) is 6.69. The highest BCUT2D eigenvalue weighted by Gasteiger charge is 2.13.